The number of nitrogens with one attached hydrogen (secondary N) is 1. The fraction of sp³-hybridized carbons (Fsp3) is 0.562. The largest absolute Gasteiger partial charge is 0.416 e. The molecule has 1 aliphatic heterocycles. The number of rotatable bonds is 4. The van der Waals surface area contributed by atoms with Gasteiger partial charge in [-0.3, -0.25) is 4.79 Å². The predicted octanol–water partition coefficient (Wildman–Crippen LogP) is 2.56. The van der Waals surface area contributed by atoms with Crippen molar-refractivity contribution >= 4 is 5.91 Å². The lowest BCUT2D eigenvalue weighted by molar-refractivity contribution is -0.149. The zero-order valence-corrected chi connectivity index (χ0v) is 13.1. The average molecular weight is 331 g/mol. The third-order valence-electron chi connectivity index (χ3n) is 3.50. The SMILES string of the molecule is CC(C)(Cc1ccc(C(F)(F)F)cc1)NC(=O)C1COCCO1. The van der Waals surface area contributed by atoms with Crippen molar-refractivity contribution in [2.75, 3.05) is 19.8 Å². The standard InChI is InChI=1S/C16H20F3NO3/c1-15(2,20-14(21)13-10-22-7-8-23-13)9-11-3-5-12(6-4-11)16(17,18)19/h3-6,13H,7-10H2,1-2H3,(H,20,21). The van der Waals surface area contributed by atoms with Gasteiger partial charge in [-0.25, -0.2) is 0 Å². The van der Waals surface area contributed by atoms with Crippen molar-refractivity contribution in [1.82, 2.24) is 5.32 Å². The Balaban J connectivity index is 1.95. The van der Waals surface area contributed by atoms with Crippen molar-refractivity contribution in [2.45, 2.75) is 38.1 Å². The second-order valence-electron chi connectivity index (χ2n) is 6.18. The van der Waals surface area contributed by atoms with Gasteiger partial charge in [0.15, 0.2) is 6.10 Å². The highest BCUT2D eigenvalue weighted by Gasteiger charge is 2.31. The van der Waals surface area contributed by atoms with Crippen molar-refractivity contribution < 1.29 is 27.4 Å². The molecule has 1 saturated heterocycles. The van der Waals surface area contributed by atoms with Crippen molar-refractivity contribution in [3.8, 4) is 0 Å². The lowest BCUT2D eigenvalue weighted by Crippen LogP contribution is -2.52. The predicted molar refractivity (Wildman–Crippen MR) is 77.9 cm³/mol. The van der Waals surface area contributed by atoms with Crippen LogP contribution in [-0.2, 0) is 26.9 Å². The molecule has 1 heterocycles. The summed E-state index contributed by atoms with van der Waals surface area (Å²) < 4.78 is 48.2. The summed E-state index contributed by atoms with van der Waals surface area (Å²) in [5, 5.41) is 2.85. The molecule has 128 valence electrons. The molecule has 0 radical (unpaired) electrons. The van der Waals surface area contributed by atoms with Gasteiger partial charge >= 0.3 is 6.18 Å². The lowest BCUT2D eigenvalue weighted by Gasteiger charge is -2.30. The van der Waals surface area contributed by atoms with Gasteiger partial charge in [0.25, 0.3) is 5.91 Å². The van der Waals surface area contributed by atoms with E-state index < -0.39 is 23.4 Å². The van der Waals surface area contributed by atoms with E-state index in [1.165, 1.54) is 12.1 Å². The highest BCUT2D eigenvalue weighted by molar-refractivity contribution is 5.81. The summed E-state index contributed by atoms with van der Waals surface area (Å²) in [7, 11) is 0. The zero-order chi connectivity index (χ0) is 17.1. The Morgan fingerprint density at radius 3 is 2.39 bits per heavy atom. The number of hydrogen-bond donors (Lipinski definition) is 1. The monoisotopic (exact) mass is 331 g/mol. The summed E-state index contributed by atoms with van der Waals surface area (Å²) >= 11 is 0. The molecular weight excluding hydrogens is 311 g/mol. The fourth-order valence-electron chi connectivity index (χ4n) is 2.42. The normalized spacial score (nSPS) is 19.4. The molecule has 0 aromatic heterocycles. The number of benzene rings is 1. The van der Waals surface area contributed by atoms with Crippen LogP contribution in [0.5, 0.6) is 0 Å². The minimum Gasteiger partial charge on any atom is -0.376 e. The van der Waals surface area contributed by atoms with E-state index in [0.29, 0.717) is 25.2 Å². The number of carbonyl (C=O) groups excluding carboxylic acids is 1. The Labute approximate surface area is 133 Å². The first-order valence-corrected chi connectivity index (χ1v) is 7.35. The van der Waals surface area contributed by atoms with Crippen LogP contribution >= 0.6 is 0 Å². The number of ether oxygens (including phenoxy) is 2. The quantitative estimate of drug-likeness (QED) is 0.922. The van der Waals surface area contributed by atoms with Crippen LogP contribution in [0.15, 0.2) is 24.3 Å². The van der Waals surface area contributed by atoms with Crippen molar-refractivity contribution in [2.24, 2.45) is 0 Å². The molecule has 1 aromatic rings. The van der Waals surface area contributed by atoms with Gasteiger partial charge in [-0.2, -0.15) is 13.2 Å². The first kappa shape index (κ1) is 17.7. The summed E-state index contributed by atoms with van der Waals surface area (Å²) in [4.78, 5) is 12.1. The minimum absolute atomic E-state index is 0.211. The van der Waals surface area contributed by atoms with Crippen LogP contribution in [0, 0.1) is 0 Å². The molecule has 1 fully saturated rings. The molecule has 23 heavy (non-hydrogen) atoms. The second-order valence-corrected chi connectivity index (χ2v) is 6.18. The van der Waals surface area contributed by atoms with E-state index >= 15 is 0 Å². The van der Waals surface area contributed by atoms with Gasteiger partial charge in [-0.05, 0) is 38.0 Å². The Bertz CT molecular complexity index is 534. The summed E-state index contributed by atoms with van der Waals surface area (Å²) in [6.07, 6.45) is -4.58. The van der Waals surface area contributed by atoms with Crippen LogP contribution in [0.1, 0.15) is 25.0 Å². The fourth-order valence-corrected chi connectivity index (χ4v) is 2.42. The van der Waals surface area contributed by atoms with Crippen molar-refractivity contribution in [3.05, 3.63) is 35.4 Å². The first-order valence-electron chi connectivity index (χ1n) is 7.35. The number of halogens is 3. The van der Waals surface area contributed by atoms with Gasteiger partial charge < -0.3 is 14.8 Å². The molecule has 0 aliphatic carbocycles. The zero-order valence-electron chi connectivity index (χ0n) is 13.1. The molecule has 1 amide bonds. The highest BCUT2D eigenvalue weighted by Crippen LogP contribution is 2.29. The van der Waals surface area contributed by atoms with E-state index in [0.717, 1.165) is 12.1 Å². The number of hydrogen-bond acceptors (Lipinski definition) is 3. The Morgan fingerprint density at radius 2 is 1.87 bits per heavy atom. The third-order valence-corrected chi connectivity index (χ3v) is 3.50. The highest BCUT2D eigenvalue weighted by atomic mass is 19.4. The summed E-state index contributed by atoms with van der Waals surface area (Å²) in [6, 6.07) is 4.95. The molecule has 7 heteroatoms. The Morgan fingerprint density at radius 1 is 1.22 bits per heavy atom. The maximum atomic E-state index is 12.6. The first-order chi connectivity index (χ1) is 10.7. The topological polar surface area (TPSA) is 47.6 Å². The molecule has 4 nitrogen and oxygen atoms in total. The summed E-state index contributed by atoms with van der Waals surface area (Å²) in [6.45, 7) is 4.68. The van der Waals surface area contributed by atoms with Gasteiger partial charge in [-0.1, -0.05) is 12.1 Å². The van der Waals surface area contributed by atoms with Gasteiger partial charge in [0.05, 0.1) is 25.4 Å². The van der Waals surface area contributed by atoms with Crippen LogP contribution < -0.4 is 5.32 Å². The molecule has 1 unspecified atom stereocenters. The van der Waals surface area contributed by atoms with Gasteiger partial charge in [-0.15, -0.1) is 0 Å². The molecule has 0 saturated carbocycles. The van der Waals surface area contributed by atoms with Crippen LogP contribution in [0.4, 0.5) is 13.2 Å². The van der Waals surface area contributed by atoms with Gasteiger partial charge in [0, 0.05) is 5.54 Å². The van der Waals surface area contributed by atoms with Gasteiger partial charge in [0.1, 0.15) is 0 Å². The number of alkyl halides is 3. The third kappa shape index (κ3) is 5.21. The van der Waals surface area contributed by atoms with Crippen molar-refractivity contribution in [1.29, 1.82) is 0 Å². The molecular formula is C16H20F3NO3. The molecule has 0 bridgehead atoms. The lowest BCUT2D eigenvalue weighted by atomic mass is 9.94. The van der Waals surface area contributed by atoms with Gasteiger partial charge in [0.2, 0.25) is 0 Å². The maximum Gasteiger partial charge on any atom is 0.416 e. The van der Waals surface area contributed by atoms with Crippen LogP contribution in [0.2, 0.25) is 0 Å². The summed E-state index contributed by atoms with van der Waals surface area (Å²) in [5.41, 5.74) is -0.586. The van der Waals surface area contributed by atoms with E-state index in [9.17, 15) is 18.0 Å². The molecule has 1 N–H and O–H groups in total. The van der Waals surface area contributed by atoms with Crippen molar-refractivity contribution in [3.63, 3.8) is 0 Å². The molecule has 0 spiro atoms. The summed E-state index contributed by atoms with van der Waals surface area (Å²) in [5.74, 6) is -0.276. The minimum atomic E-state index is -4.35. The van der Waals surface area contributed by atoms with Crippen LogP contribution in [-0.4, -0.2) is 37.4 Å². The van der Waals surface area contributed by atoms with Crippen LogP contribution in [0.25, 0.3) is 0 Å². The Kier molecular flexibility index (Phi) is 5.31. The van der Waals surface area contributed by atoms with Crippen LogP contribution in [0.3, 0.4) is 0 Å². The van der Waals surface area contributed by atoms with E-state index in [-0.39, 0.29) is 12.5 Å². The number of amides is 1. The maximum absolute atomic E-state index is 12.6. The molecule has 2 rings (SSSR count). The average Bonchev–Trinajstić information content (AvgIpc) is 2.46. The second kappa shape index (κ2) is 6.88. The van der Waals surface area contributed by atoms with E-state index in [4.69, 9.17) is 9.47 Å². The Hall–Kier alpha value is -1.60. The molecule has 1 atom stereocenters. The van der Waals surface area contributed by atoms with E-state index in [2.05, 4.69) is 5.32 Å². The molecule has 1 aliphatic rings. The number of carbonyl (C=O) groups is 1. The smallest absolute Gasteiger partial charge is 0.376 e. The molecule has 1 aromatic carbocycles. The van der Waals surface area contributed by atoms with E-state index in [1.807, 2.05) is 13.8 Å². The van der Waals surface area contributed by atoms with E-state index in [1.54, 1.807) is 0 Å².